The molecule has 1 fully saturated rings. The van der Waals surface area contributed by atoms with Gasteiger partial charge in [-0.2, -0.15) is 0 Å². The summed E-state index contributed by atoms with van der Waals surface area (Å²) in [5.74, 6) is -1.21. The number of nitrogens with zero attached hydrogens (tertiary/aromatic N) is 1. The van der Waals surface area contributed by atoms with Gasteiger partial charge in [-0.05, 0) is 73.7 Å². The van der Waals surface area contributed by atoms with Crippen LogP contribution in [0.3, 0.4) is 0 Å². The average Bonchev–Trinajstić information content (AvgIpc) is 3.64. The van der Waals surface area contributed by atoms with E-state index in [-0.39, 0.29) is 22.9 Å². The fourth-order valence-corrected chi connectivity index (χ4v) is 6.57. The molecular formula is C33H35F3N2O3S. The van der Waals surface area contributed by atoms with Crippen LogP contribution in [0.15, 0.2) is 60.0 Å². The molecule has 42 heavy (non-hydrogen) atoms. The van der Waals surface area contributed by atoms with E-state index in [0.717, 1.165) is 42.0 Å². The predicted molar refractivity (Wildman–Crippen MR) is 165 cm³/mol. The number of hydrogen-bond donors (Lipinski definition) is 1. The Morgan fingerprint density at radius 1 is 1.10 bits per heavy atom. The van der Waals surface area contributed by atoms with Gasteiger partial charge >= 0.3 is 0 Å². The molecule has 9 heteroatoms. The Bertz CT molecular complexity index is 1850. The van der Waals surface area contributed by atoms with Gasteiger partial charge in [0.1, 0.15) is 17.5 Å². The number of halogens is 3. The molecule has 0 saturated heterocycles. The molecule has 0 radical (unpaired) electrons. The summed E-state index contributed by atoms with van der Waals surface area (Å²) >= 11 is 0. The lowest BCUT2D eigenvalue weighted by molar-refractivity contribution is 0.578. The van der Waals surface area contributed by atoms with Crippen LogP contribution < -0.4 is 5.56 Å². The summed E-state index contributed by atoms with van der Waals surface area (Å²) < 4.78 is 66.7. The molecule has 222 valence electrons. The molecule has 2 heterocycles. The van der Waals surface area contributed by atoms with Crippen LogP contribution in [0.1, 0.15) is 62.9 Å². The number of nitrogens with one attached hydrogen (secondary N) is 1. The molecule has 0 aliphatic heterocycles. The molecule has 0 atom stereocenters. The molecule has 1 N–H and O–H groups in total. The van der Waals surface area contributed by atoms with E-state index < -0.39 is 27.3 Å². The summed E-state index contributed by atoms with van der Waals surface area (Å²) in [4.78, 5) is 15.5. The minimum Gasteiger partial charge on any atom is -0.336 e. The van der Waals surface area contributed by atoms with Gasteiger partial charge in [0.05, 0.1) is 23.0 Å². The Morgan fingerprint density at radius 3 is 2.40 bits per heavy atom. The van der Waals surface area contributed by atoms with E-state index in [1.54, 1.807) is 42.8 Å². The highest BCUT2D eigenvalue weighted by Gasteiger charge is 2.33. The standard InChI is InChI=1S/C26H19F3N2O.C5H10O2S.C2H6/c1-14(2)25-24(19-7-4-10-30-26(19)32)23-18-6-3-5-17(18)21(29)12-22(23)31(25)13-15-11-16(27)8-9-20(15)28;1-2-8(6,7)5-3-4-5;1-2/h3-5,7-12H,1,6,13H2,2H3,(H,30,32);5H,2-4H2,1H3;1-2H3. The van der Waals surface area contributed by atoms with Crippen molar-refractivity contribution in [2.45, 2.75) is 58.8 Å². The van der Waals surface area contributed by atoms with E-state index in [2.05, 4.69) is 11.6 Å². The fraction of sp³-hybridized carbons (Fsp3) is 0.303. The number of aromatic amines is 1. The second-order valence-corrected chi connectivity index (χ2v) is 12.7. The largest absolute Gasteiger partial charge is 0.336 e. The number of sulfone groups is 1. The van der Waals surface area contributed by atoms with Crippen molar-refractivity contribution in [3.8, 4) is 11.1 Å². The topological polar surface area (TPSA) is 71.9 Å². The Balaban J connectivity index is 0.000000347. The van der Waals surface area contributed by atoms with E-state index in [1.807, 2.05) is 19.9 Å². The molecule has 0 unspecified atom stereocenters. The van der Waals surface area contributed by atoms with Crippen molar-refractivity contribution in [2.75, 3.05) is 5.75 Å². The van der Waals surface area contributed by atoms with Crippen LogP contribution in [0.5, 0.6) is 0 Å². The van der Waals surface area contributed by atoms with Gasteiger partial charge in [0.15, 0.2) is 9.84 Å². The molecule has 4 aromatic rings. The maximum absolute atomic E-state index is 15.0. The highest BCUT2D eigenvalue weighted by Crippen LogP contribution is 2.43. The monoisotopic (exact) mass is 596 g/mol. The molecule has 0 spiro atoms. The van der Waals surface area contributed by atoms with Gasteiger partial charge in [0.2, 0.25) is 0 Å². The second-order valence-electron chi connectivity index (χ2n) is 10.1. The number of aromatic nitrogens is 2. The number of hydrogen-bond acceptors (Lipinski definition) is 3. The third kappa shape index (κ3) is 6.02. The predicted octanol–water partition coefficient (Wildman–Crippen LogP) is 7.67. The number of benzene rings is 2. The van der Waals surface area contributed by atoms with Crippen LogP contribution in [0, 0.1) is 17.5 Å². The van der Waals surface area contributed by atoms with Gasteiger partial charge in [-0.1, -0.05) is 39.5 Å². The van der Waals surface area contributed by atoms with Crippen molar-refractivity contribution in [3.63, 3.8) is 0 Å². The molecular weight excluding hydrogens is 561 g/mol. The Hall–Kier alpha value is -3.85. The van der Waals surface area contributed by atoms with Crippen molar-refractivity contribution in [2.24, 2.45) is 0 Å². The zero-order valence-corrected chi connectivity index (χ0v) is 25.0. The van der Waals surface area contributed by atoms with Crippen molar-refractivity contribution >= 4 is 32.4 Å². The van der Waals surface area contributed by atoms with Gasteiger partial charge in [0.25, 0.3) is 5.56 Å². The van der Waals surface area contributed by atoms with Crippen LogP contribution in [-0.2, 0) is 22.8 Å². The summed E-state index contributed by atoms with van der Waals surface area (Å²) in [7, 11) is -2.62. The van der Waals surface area contributed by atoms with Gasteiger partial charge in [-0.15, -0.1) is 0 Å². The smallest absolute Gasteiger partial charge is 0.255 e. The first-order valence-electron chi connectivity index (χ1n) is 14.1. The van der Waals surface area contributed by atoms with Crippen molar-refractivity contribution < 1.29 is 21.6 Å². The van der Waals surface area contributed by atoms with Crippen molar-refractivity contribution in [1.29, 1.82) is 0 Å². The Morgan fingerprint density at radius 2 is 1.81 bits per heavy atom. The van der Waals surface area contributed by atoms with Gasteiger partial charge in [-0.3, -0.25) is 4.79 Å². The Labute approximate surface area is 244 Å². The lowest BCUT2D eigenvalue weighted by Gasteiger charge is -2.13. The van der Waals surface area contributed by atoms with Crippen LogP contribution in [0.25, 0.3) is 33.7 Å². The van der Waals surface area contributed by atoms with E-state index >= 15 is 4.39 Å². The van der Waals surface area contributed by atoms with Gasteiger partial charge in [-0.25, -0.2) is 21.6 Å². The highest BCUT2D eigenvalue weighted by atomic mass is 32.2. The summed E-state index contributed by atoms with van der Waals surface area (Å²) in [5, 5.41) is 0.755. The van der Waals surface area contributed by atoms with Gasteiger partial charge in [0, 0.05) is 39.6 Å². The normalized spacial score (nSPS) is 13.7. The molecule has 2 aliphatic carbocycles. The third-order valence-electron chi connectivity index (χ3n) is 7.32. The van der Waals surface area contributed by atoms with Crippen molar-refractivity contribution in [3.05, 3.63) is 105 Å². The fourth-order valence-electron chi connectivity index (χ4n) is 5.24. The number of fused-ring (bicyclic) bond motifs is 3. The molecule has 1 saturated carbocycles. The highest BCUT2D eigenvalue weighted by molar-refractivity contribution is 7.92. The van der Waals surface area contributed by atoms with Crippen LogP contribution >= 0.6 is 0 Å². The number of allylic oxidation sites excluding steroid dienone is 2. The van der Waals surface area contributed by atoms with Gasteiger partial charge < -0.3 is 9.55 Å². The lowest BCUT2D eigenvalue weighted by Crippen LogP contribution is -2.09. The molecule has 5 nitrogen and oxygen atoms in total. The van der Waals surface area contributed by atoms with E-state index in [9.17, 15) is 22.0 Å². The zero-order valence-electron chi connectivity index (χ0n) is 24.2. The first-order valence-corrected chi connectivity index (χ1v) is 15.8. The van der Waals surface area contributed by atoms with E-state index in [4.69, 9.17) is 0 Å². The van der Waals surface area contributed by atoms with Crippen LogP contribution in [0.2, 0.25) is 0 Å². The maximum atomic E-state index is 15.0. The summed E-state index contributed by atoms with van der Waals surface area (Å²) in [6.07, 6.45) is 7.45. The van der Waals surface area contributed by atoms with E-state index in [1.165, 1.54) is 6.07 Å². The number of rotatable bonds is 6. The average molecular weight is 597 g/mol. The summed E-state index contributed by atoms with van der Waals surface area (Å²) in [6.45, 7) is 11.5. The SMILES string of the molecule is C=C(C)c1c(-c2ccc[nH]c2=O)c2c3c(c(F)cc2n1Cc1cc(F)ccc1F)C=CC3.CC.CCS(=O)(=O)C1CC1. The first kappa shape index (κ1) is 31.1. The minimum absolute atomic E-state index is 0.0347. The van der Waals surface area contributed by atoms with Crippen LogP contribution in [0.4, 0.5) is 13.2 Å². The maximum Gasteiger partial charge on any atom is 0.255 e. The summed E-state index contributed by atoms with van der Waals surface area (Å²) in [5.41, 5.74) is 3.81. The molecule has 2 aromatic carbocycles. The number of pyridine rings is 1. The molecule has 0 bridgehead atoms. The van der Waals surface area contributed by atoms with Crippen LogP contribution in [-0.4, -0.2) is 29.0 Å². The quantitative estimate of drug-likeness (QED) is 0.248. The molecule has 6 rings (SSSR count). The molecule has 2 aliphatic rings. The first-order chi connectivity index (χ1) is 20.0. The zero-order chi connectivity index (χ0) is 30.8. The Kier molecular flexibility index (Phi) is 9.30. The van der Waals surface area contributed by atoms with E-state index in [0.29, 0.717) is 45.6 Å². The lowest BCUT2D eigenvalue weighted by atomic mass is 9.95. The minimum atomic E-state index is -2.62. The third-order valence-corrected chi connectivity index (χ3v) is 9.61. The second kappa shape index (κ2) is 12.6. The summed E-state index contributed by atoms with van der Waals surface area (Å²) in [6, 6.07) is 8.07. The van der Waals surface area contributed by atoms with Crippen molar-refractivity contribution in [1.82, 2.24) is 9.55 Å². The molecule has 0 amide bonds. The molecule has 2 aromatic heterocycles. The number of H-pyrrole nitrogens is 1.